The first-order valence-electron chi connectivity index (χ1n) is 7.27. The van der Waals surface area contributed by atoms with Gasteiger partial charge in [0.1, 0.15) is 0 Å². The second-order valence-electron chi connectivity index (χ2n) is 5.18. The zero-order valence-corrected chi connectivity index (χ0v) is 14.3. The molecule has 7 heteroatoms. The van der Waals surface area contributed by atoms with E-state index in [0.717, 1.165) is 33.2 Å². The zero-order chi connectivity index (χ0) is 16.5. The molecule has 5 nitrogen and oxygen atoms in total. The van der Waals surface area contributed by atoms with Crippen molar-refractivity contribution in [2.75, 3.05) is 4.90 Å². The number of nitrogens with zero attached hydrogens (tertiary/aromatic N) is 4. The highest BCUT2D eigenvalue weighted by atomic mass is 32.1. The molecule has 2 aromatic carbocycles. The largest absolute Gasteiger partial charge is 0.286 e. The number of aryl methyl sites for hydroxylation is 1. The number of hydrogen-bond acceptors (Lipinski definition) is 6. The molecule has 0 fully saturated rings. The fourth-order valence-electron chi connectivity index (χ4n) is 2.44. The SMILES string of the molecule is Cc1ccccc1N(C(=O)c1cnsn1)c1nc2ccccc2s1. The van der Waals surface area contributed by atoms with Gasteiger partial charge in [0.2, 0.25) is 0 Å². The Labute approximate surface area is 146 Å². The number of carbonyl (C=O) groups excluding carboxylic acids is 1. The lowest BCUT2D eigenvalue weighted by Gasteiger charge is -2.20. The summed E-state index contributed by atoms with van der Waals surface area (Å²) in [6.07, 6.45) is 1.49. The number of aromatic nitrogens is 3. The van der Waals surface area contributed by atoms with Crippen LogP contribution in [0.1, 0.15) is 16.1 Å². The number of fused-ring (bicyclic) bond motifs is 1. The Morgan fingerprint density at radius 2 is 1.88 bits per heavy atom. The summed E-state index contributed by atoms with van der Waals surface area (Å²) in [5.74, 6) is -0.225. The predicted octanol–water partition coefficient (Wildman–Crippen LogP) is 4.43. The average Bonchev–Trinajstić information content (AvgIpc) is 3.26. The Balaban J connectivity index is 1.90. The van der Waals surface area contributed by atoms with Gasteiger partial charge in [0.15, 0.2) is 10.8 Å². The van der Waals surface area contributed by atoms with E-state index in [9.17, 15) is 4.79 Å². The smallest absolute Gasteiger partial charge is 0.266 e. The van der Waals surface area contributed by atoms with Crippen LogP contribution in [-0.4, -0.2) is 19.6 Å². The molecular weight excluding hydrogens is 340 g/mol. The van der Waals surface area contributed by atoms with Crippen molar-refractivity contribution in [3.63, 3.8) is 0 Å². The van der Waals surface area contributed by atoms with Crippen molar-refractivity contribution in [2.45, 2.75) is 6.92 Å². The zero-order valence-electron chi connectivity index (χ0n) is 12.7. The van der Waals surface area contributed by atoms with Crippen LogP contribution in [0.3, 0.4) is 0 Å². The van der Waals surface area contributed by atoms with Crippen molar-refractivity contribution in [3.8, 4) is 0 Å². The van der Waals surface area contributed by atoms with Crippen LogP contribution in [0.5, 0.6) is 0 Å². The molecule has 0 unspecified atom stereocenters. The van der Waals surface area contributed by atoms with Gasteiger partial charge in [0, 0.05) is 0 Å². The van der Waals surface area contributed by atoms with Gasteiger partial charge in [0.25, 0.3) is 5.91 Å². The summed E-state index contributed by atoms with van der Waals surface area (Å²) in [4.78, 5) is 19.3. The van der Waals surface area contributed by atoms with Crippen molar-refractivity contribution in [2.24, 2.45) is 0 Å². The summed E-state index contributed by atoms with van der Waals surface area (Å²) in [5.41, 5.74) is 2.99. The van der Waals surface area contributed by atoms with Crippen molar-refractivity contribution in [3.05, 3.63) is 66.0 Å². The van der Waals surface area contributed by atoms with Gasteiger partial charge in [-0.2, -0.15) is 8.75 Å². The average molecular weight is 352 g/mol. The minimum absolute atomic E-state index is 0.225. The van der Waals surface area contributed by atoms with Crippen molar-refractivity contribution < 1.29 is 4.79 Å². The predicted molar refractivity (Wildman–Crippen MR) is 97.2 cm³/mol. The van der Waals surface area contributed by atoms with Crippen LogP contribution in [0.4, 0.5) is 10.8 Å². The maximum absolute atomic E-state index is 13.0. The van der Waals surface area contributed by atoms with E-state index in [4.69, 9.17) is 0 Å². The van der Waals surface area contributed by atoms with Crippen molar-refractivity contribution in [1.29, 1.82) is 0 Å². The van der Waals surface area contributed by atoms with Gasteiger partial charge in [-0.05, 0) is 30.7 Å². The molecule has 0 aliphatic rings. The van der Waals surface area contributed by atoms with Gasteiger partial charge in [-0.3, -0.25) is 9.69 Å². The summed E-state index contributed by atoms with van der Waals surface area (Å²) in [6, 6.07) is 15.6. The molecule has 0 aliphatic heterocycles. The molecule has 0 N–H and O–H groups in total. The molecule has 1 amide bonds. The first-order chi connectivity index (χ1) is 11.7. The molecule has 4 aromatic rings. The quantitative estimate of drug-likeness (QED) is 0.547. The van der Waals surface area contributed by atoms with E-state index in [-0.39, 0.29) is 5.91 Å². The van der Waals surface area contributed by atoms with Gasteiger partial charge in [-0.25, -0.2) is 4.98 Å². The van der Waals surface area contributed by atoms with Gasteiger partial charge in [0.05, 0.1) is 33.8 Å². The van der Waals surface area contributed by atoms with E-state index in [0.29, 0.717) is 10.8 Å². The summed E-state index contributed by atoms with van der Waals surface area (Å²) in [5, 5.41) is 0.628. The van der Waals surface area contributed by atoms with E-state index in [1.165, 1.54) is 17.5 Å². The highest BCUT2D eigenvalue weighted by Crippen LogP contribution is 2.35. The molecule has 0 spiro atoms. The highest BCUT2D eigenvalue weighted by Gasteiger charge is 2.26. The molecule has 0 saturated carbocycles. The number of hydrogen-bond donors (Lipinski definition) is 0. The number of thiazole rings is 1. The molecule has 0 radical (unpaired) electrons. The standard InChI is InChI=1S/C17H12N4OS2/c1-11-6-2-4-8-14(11)21(16(22)13-10-18-24-20-13)17-19-12-7-3-5-9-15(12)23-17/h2-10H,1H3. The highest BCUT2D eigenvalue weighted by molar-refractivity contribution is 7.22. The van der Waals surface area contributed by atoms with Crippen molar-refractivity contribution in [1.82, 2.24) is 13.7 Å². The number of amides is 1. The lowest BCUT2D eigenvalue weighted by atomic mass is 10.2. The van der Waals surface area contributed by atoms with Gasteiger partial charge in [-0.1, -0.05) is 41.7 Å². The molecule has 0 atom stereocenters. The minimum atomic E-state index is -0.225. The van der Waals surface area contributed by atoms with E-state index in [1.54, 1.807) is 4.90 Å². The fraction of sp³-hybridized carbons (Fsp3) is 0.0588. The van der Waals surface area contributed by atoms with Gasteiger partial charge < -0.3 is 0 Å². The number of carbonyl (C=O) groups is 1. The Kier molecular flexibility index (Phi) is 3.79. The fourth-order valence-corrected chi connectivity index (χ4v) is 3.83. The number of para-hydroxylation sites is 2. The second-order valence-corrected chi connectivity index (χ2v) is 6.75. The molecule has 24 heavy (non-hydrogen) atoms. The molecule has 0 bridgehead atoms. The Morgan fingerprint density at radius 3 is 2.62 bits per heavy atom. The van der Waals surface area contributed by atoms with E-state index < -0.39 is 0 Å². The van der Waals surface area contributed by atoms with Crippen LogP contribution in [0.2, 0.25) is 0 Å². The third kappa shape index (κ3) is 2.57. The Morgan fingerprint density at radius 1 is 1.08 bits per heavy atom. The number of anilines is 2. The van der Waals surface area contributed by atoms with Crippen LogP contribution in [0.25, 0.3) is 10.2 Å². The summed E-state index contributed by atoms with van der Waals surface area (Å²) < 4.78 is 9.07. The Hall–Kier alpha value is -2.64. The lowest BCUT2D eigenvalue weighted by molar-refractivity contribution is 0.0995. The first-order valence-corrected chi connectivity index (χ1v) is 8.82. The first kappa shape index (κ1) is 14.9. The minimum Gasteiger partial charge on any atom is -0.266 e. The molecule has 4 rings (SSSR count). The normalized spacial score (nSPS) is 10.9. The molecular formula is C17H12N4OS2. The summed E-state index contributed by atoms with van der Waals surface area (Å²) in [7, 11) is 0. The second kappa shape index (κ2) is 6.10. The Bertz CT molecular complexity index is 977. The summed E-state index contributed by atoms with van der Waals surface area (Å²) in [6.45, 7) is 1.97. The topological polar surface area (TPSA) is 59.0 Å². The third-order valence-electron chi connectivity index (χ3n) is 3.61. The molecule has 2 heterocycles. The van der Waals surface area contributed by atoms with E-state index >= 15 is 0 Å². The van der Waals surface area contributed by atoms with Crippen LogP contribution in [0.15, 0.2) is 54.7 Å². The molecule has 0 saturated heterocycles. The van der Waals surface area contributed by atoms with E-state index in [1.807, 2.05) is 55.5 Å². The maximum atomic E-state index is 13.0. The third-order valence-corrected chi connectivity index (χ3v) is 5.11. The lowest BCUT2D eigenvalue weighted by Crippen LogP contribution is -2.26. The van der Waals surface area contributed by atoms with Gasteiger partial charge >= 0.3 is 0 Å². The van der Waals surface area contributed by atoms with Crippen molar-refractivity contribution >= 4 is 50.0 Å². The molecule has 118 valence electrons. The van der Waals surface area contributed by atoms with Crippen LogP contribution < -0.4 is 4.90 Å². The molecule has 2 aromatic heterocycles. The van der Waals surface area contributed by atoms with Crippen LogP contribution in [-0.2, 0) is 0 Å². The monoisotopic (exact) mass is 352 g/mol. The number of rotatable bonds is 3. The molecule has 0 aliphatic carbocycles. The van der Waals surface area contributed by atoms with E-state index in [2.05, 4.69) is 13.7 Å². The summed E-state index contributed by atoms with van der Waals surface area (Å²) >= 11 is 2.50. The number of benzene rings is 2. The van der Waals surface area contributed by atoms with Crippen LogP contribution in [0, 0.1) is 6.92 Å². The maximum Gasteiger partial charge on any atom is 0.286 e. The van der Waals surface area contributed by atoms with Crippen LogP contribution >= 0.6 is 23.1 Å². The van der Waals surface area contributed by atoms with Gasteiger partial charge in [-0.15, -0.1) is 0 Å².